The highest BCUT2D eigenvalue weighted by Gasteiger charge is 2.73. The molecule has 0 N–H and O–H groups in total. The highest BCUT2D eigenvalue weighted by Crippen LogP contribution is 2.67. The second-order valence-electron chi connectivity index (χ2n) is 2.03. The van der Waals surface area contributed by atoms with Gasteiger partial charge in [-0.2, -0.15) is 26.3 Å². The molecular formula is C3HF6O4P. The van der Waals surface area contributed by atoms with Crippen molar-refractivity contribution in [1.82, 2.24) is 0 Å². The minimum Gasteiger partial charge on any atom is -0.227 e. The molecule has 0 aromatic carbocycles. The molecule has 1 saturated heterocycles. The number of hydrogen-bond donors (Lipinski definition) is 0. The lowest BCUT2D eigenvalue weighted by Crippen LogP contribution is -2.36. The third-order valence-electron chi connectivity index (χ3n) is 1.00. The van der Waals surface area contributed by atoms with Gasteiger partial charge in [0, 0.05) is 0 Å². The molecule has 0 amide bonds. The molecule has 0 aromatic rings. The number of phosphoric acid groups is 1. The Morgan fingerprint density at radius 1 is 1.07 bits per heavy atom. The molecule has 1 rings (SSSR count). The molecule has 0 unspecified atom stereocenters. The van der Waals surface area contributed by atoms with E-state index < -0.39 is 26.7 Å². The first kappa shape index (κ1) is 11.8. The summed E-state index contributed by atoms with van der Waals surface area (Å²) in [6.07, 6.45) is -10.5. The van der Waals surface area contributed by atoms with Crippen LogP contribution in [0.2, 0.25) is 0 Å². The molecule has 1 aliphatic rings. The number of halogens is 6. The highest BCUT2D eigenvalue weighted by molar-refractivity contribution is 7.48. The van der Waals surface area contributed by atoms with Crippen LogP contribution in [0.1, 0.15) is 0 Å². The molecule has 0 saturated carbocycles. The van der Waals surface area contributed by atoms with Crippen molar-refractivity contribution in [3.05, 3.63) is 0 Å². The van der Waals surface area contributed by atoms with E-state index in [2.05, 4.69) is 13.6 Å². The standard InChI is InChI=1S/C3HF6O4P/c4-1(5)11-14(10)12-2(6,7)3(8,9)13-14/h1H. The first-order chi connectivity index (χ1) is 6.08. The van der Waals surface area contributed by atoms with E-state index in [0.717, 1.165) is 0 Å². The van der Waals surface area contributed by atoms with Gasteiger partial charge in [0.2, 0.25) is 0 Å². The van der Waals surface area contributed by atoms with Gasteiger partial charge in [-0.15, -0.1) is 0 Å². The maximum atomic E-state index is 12.1. The maximum absolute atomic E-state index is 12.1. The van der Waals surface area contributed by atoms with Crippen LogP contribution in [-0.2, 0) is 18.1 Å². The molecule has 0 aromatic heterocycles. The molecule has 1 aliphatic heterocycles. The first-order valence-corrected chi connectivity index (χ1v) is 4.28. The lowest BCUT2D eigenvalue weighted by atomic mass is 10.6. The van der Waals surface area contributed by atoms with Crippen molar-refractivity contribution in [2.75, 3.05) is 0 Å². The van der Waals surface area contributed by atoms with Crippen LogP contribution < -0.4 is 0 Å². The minimum atomic E-state index is -5.62. The molecule has 0 aliphatic carbocycles. The summed E-state index contributed by atoms with van der Waals surface area (Å²) in [6.45, 7) is -3.84. The van der Waals surface area contributed by atoms with Crippen molar-refractivity contribution in [2.24, 2.45) is 0 Å². The Morgan fingerprint density at radius 3 is 1.71 bits per heavy atom. The smallest absolute Gasteiger partial charge is 0.227 e. The summed E-state index contributed by atoms with van der Waals surface area (Å²) in [6, 6.07) is 0. The molecule has 0 atom stereocenters. The van der Waals surface area contributed by atoms with Crippen LogP contribution in [-0.4, -0.2) is 18.8 Å². The van der Waals surface area contributed by atoms with Crippen molar-refractivity contribution in [3.8, 4) is 0 Å². The molecule has 0 radical (unpaired) electrons. The van der Waals surface area contributed by atoms with E-state index in [0.29, 0.717) is 0 Å². The molecule has 1 heterocycles. The first-order valence-electron chi connectivity index (χ1n) is 2.82. The predicted octanol–water partition coefficient (Wildman–Crippen LogP) is 2.57. The molecule has 0 spiro atoms. The van der Waals surface area contributed by atoms with Crippen LogP contribution in [0.15, 0.2) is 0 Å². The Labute approximate surface area is 72.3 Å². The van der Waals surface area contributed by atoms with Gasteiger partial charge < -0.3 is 0 Å². The number of hydrogen-bond acceptors (Lipinski definition) is 4. The zero-order valence-corrected chi connectivity index (χ0v) is 6.82. The summed E-state index contributed by atoms with van der Waals surface area (Å²) in [5.41, 5.74) is 0. The predicted molar refractivity (Wildman–Crippen MR) is 26.8 cm³/mol. The quantitative estimate of drug-likeness (QED) is 0.554. The summed E-state index contributed by atoms with van der Waals surface area (Å²) in [5.74, 6) is 0. The minimum absolute atomic E-state index is 2.81. The van der Waals surface area contributed by atoms with E-state index in [1.54, 1.807) is 0 Å². The van der Waals surface area contributed by atoms with Gasteiger partial charge in [0.25, 0.3) is 0 Å². The number of rotatable bonds is 2. The lowest BCUT2D eigenvalue weighted by molar-refractivity contribution is -0.344. The summed E-state index contributed by atoms with van der Waals surface area (Å²) >= 11 is 0. The molecule has 1 fully saturated rings. The topological polar surface area (TPSA) is 44.8 Å². The van der Waals surface area contributed by atoms with Crippen molar-refractivity contribution < 1.29 is 44.5 Å². The summed E-state index contributed by atoms with van der Waals surface area (Å²) in [4.78, 5) is 0. The summed E-state index contributed by atoms with van der Waals surface area (Å²) < 4.78 is 90.1. The van der Waals surface area contributed by atoms with E-state index in [4.69, 9.17) is 0 Å². The van der Waals surface area contributed by atoms with Gasteiger partial charge in [0.15, 0.2) is 0 Å². The van der Waals surface area contributed by atoms with Crippen LogP contribution in [0.4, 0.5) is 26.3 Å². The second-order valence-corrected chi connectivity index (χ2v) is 3.50. The molecule has 11 heteroatoms. The largest absolute Gasteiger partial charge is 0.489 e. The lowest BCUT2D eigenvalue weighted by Gasteiger charge is -2.10. The van der Waals surface area contributed by atoms with Gasteiger partial charge in [-0.1, -0.05) is 0 Å². The van der Waals surface area contributed by atoms with Crippen LogP contribution in [0.3, 0.4) is 0 Å². The zero-order valence-electron chi connectivity index (χ0n) is 5.93. The van der Waals surface area contributed by atoms with Gasteiger partial charge in [0.1, 0.15) is 0 Å². The van der Waals surface area contributed by atoms with E-state index >= 15 is 0 Å². The summed E-state index contributed by atoms with van der Waals surface area (Å²) in [5, 5.41) is 0. The Hall–Kier alpha value is -0.310. The third-order valence-corrected chi connectivity index (χ3v) is 2.32. The molecule has 0 bridgehead atoms. The fourth-order valence-electron chi connectivity index (χ4n) is 0.546. The average molecular weight is 246 g/mol. The van der Waals surface area contributed by atoms with Crippen molar-refractivity contribution >= 4 is 7.82 Å². The Morgan fingerprint density at radius 2 is 1.43 bits per heavy atom. The molecular weight excluding hydrogens is 245 g/mol. The second kappa shape index (κ2) is 3.09. The SMILES string of the molecule is O=P1(OC(F)F)OC(F)(F)C(F)(F)O1. The van der Waals surface area contributed by atoms with Crippen LogP contribution >= 0.6 is 7.82 Å². The Bertz CT molecular complexity index is 258. The van der Waals surface area contributed by atoms with Crippen LogP contribution in [0.5, 0.6) is 0 Å². The van der Waals surface area contributed by atoms with E-state index in [9.17, 15) is 30.9 Å². The van der Waals surface area contributed by atoms with Crippen molar-refractivity contribution in [2.45, 2.75) is 18.8 Å². The normalized spacial score (nSPS) is 28.2. The average Bonchev–Trinajstić information content (AvgIpc) is 1.91. The number of alkyl halides is 6. The van der Waals surface area contributed by atoms with E-state index in [-0.39, 0.29) is 0 Å². The van der Waals surface area contributed by atoms with Gasteiger partial charge >= 0.3 is 26.7 Å². The highest BCUT2D eigenvalue weighted by atomic mass is 31.2. The molecule has 14 heavy (non-hydrogen) atoms. The van der Waals surface area contributed by atoms with Gasteiger partial charge in [-0.25, -0.2) is 18.1 Å². The van der Waals surface area contributed by atoms with Gasteiger partial charge in [0.05, 0.1) is 0 Å². The number of phosphoric ester groups is 1. The van der Waals surface area contributed by atoms with Crippen LogP contribution in [0, 0.1) is 0 Å². The fraction of sp³-hybridized carbons (Fsp3) is 1.00. The van der Waals surface area contributed by atoms with Crippen molar-refractivity contribution in [3.63, 3.8) is 0 Å². The third kappa shape index (κ3) is 2.02. The Balaban J connectivity index is 2.86. The molecule has 84 valence electrons. The maximum Gasteiger partial charge on any atom is 0.489 e. The van der Waals surface area contributed by atoms with Crippen molar-refractivity contribution in [1.29, 1.82) is 0 Å². The fourth-order valence-corrected chi connectivity index (χ4v) is 1.64. The van der Waals surface area contributed by atoms with Crippen LogP contribution in [0.25, 0.3) is 0 Å². The zero-order chi connectivity index (χ0) is 11.2. The van der Waals surface area contributed by atoms with E-state index in [1.165, 1.54) is 0 Å². The molecule has 4 nitrogen and oxygen atoms in total. The Kier molecular flexibility index (Phi) is 2.60. The summed E-state index contributed by atoms with van der Waals surface area (Å²) in [7, 11) is -5.62. The monoisotopic (exact) mass is 246 g/mol. The van der Waals surface area contributed by atoms with E-state index in [1.807, 2.05) is 0 Å². The van der Waals surface area contributed by atoms with Gasteiger partial charge in [-0.05, 0) is 0 Å². The van der Waals surface area contributed by atoms with Gasteiger partial charge in [-0.3, -0.25) is 0 Å².